The van der Waals surface area contributed by atoms with Crippen molar-refractivity contribution >= 4 is 11.9 Å². The number of carboxylic acid groups (broad SMARTS) is 1. The Balaban J connectivity index is 1.94. The van der Waals surface area contributed by atoms with Gasteiger partial charge in [0.15, 0.2) is 0 Å². The summed E-state index contributed by atoms with van der Waals surface area (Å²) >= 11 is 0. The molecule has 0 aliphatic heterocycles. The molecule has 1 fully saturated rings. The second kappa shape index (κ2) is 6.36. The maximum atomic E-state index is 11.9. The van der Waals surface area contributed by atoms with E-state index < -0.39 is 11.9 Å². The molecule has 1 aliphatic carbocycles. The third-order valence-electron chi connectivity index (χ3n) is 3.54. The van der Waals surface area contributed by atoms with Crippen LogP contribution in [0.5, 0.6) is 0 Å². The minimum absolute atomic E-state index is 0.135. The first-order chi connectivity index (χ1) is 9.16. The summed E-state index contributed by atoms with van der Waals surface area (Å²) in [4.78, 5) is 23.1. The van der Waals surface area contributed by atoms with Crippen LogP contribution >= 0.6 is 0 Å². The Morgan fingerprint density at radius 2 is 2.11 bits per heavy atom. The normalized spacial score (nSPS) is 23.6. The number of nitrogens with one attached hydrogen (secondary N) is 1. The molecule has 2 atom stereocenters. The summed E-state index contributed by atoms with van der Waals surface area (Å²) in [6.45, 7) is 0.135. The molecule has 2 rings (SSSR count). The monoisotopic (exact) mass is 265 g/mol. The molecule has 1 aliphatic rings. The summed E-state index contributed by atoms with van der Waals surface area (Å²) in [5.41, 5.74) is 0. The molecule has 1 aromatic rings. The SMILES string of the molecule is O=C(Cn1cccn1)NC1CCCCCC1C(=O)O. The quantitative estimate of drug-likeness (QED) is 0.796. The lowest BCUT2D eigenvalue weighted by molar-refractivity contribution is -0.143. The Labute approximate surface area is 111 Å². The Kier molecular flexibility index (Phi) is 4.54. The molecule has 0 bridgehead atoms. The predicted octanol–water partition coefficient (Wildman–Crippen LogP) is 1.03. The van der Waals surface area contributed by atoms with Gasteiger partial charge >= 0.3 is 5.97 Å². The lowest BCUT2D eigenvalue weighted by Gasteiger charge is -2.22. The molecule has 1 aromatic heterocycles. The Morgan fingerprint density at radius 1 is 1.32 bits per heavy atom. The van der Waals surface area contributed by atoms with Gasteiger partial charge in [0.2, 0.25) is 5.91 Å². The first-order valence-electron chi connectivity index (χ1n) is 6.66. The number of carboxylic acids is 1. The van der Waals surface area contributed by atoms with Crippen molar-refractivity contribution in [1.29, 1.82) is 0 Å². The third-order valence-corrected chi connectivity index (χ3v) is 3.54. The number of nitrogens with zero attached hydrogens (tertiary/aromatic N) is 2. The highest BCUT2D eigenvalue weighted by Crippen LogP contribution is 2.23. The van der Waals surface area contributed by atoms with Gasteiger partial charge in [-0.05, 0) is 18.9 Å². The van der Waals surface area contributed by atoms with Crippen molar-refractivity contribution in [1.82, 2.24) is 15.1 Å². The zero-order valence-corrected chi connectivity index (χ0v) is 10.8. The molecule has 2 unspecified atom stereocenters. The number of rotatable bonds is 4. The number of hydrogen-bond donors (Lipinski definition) is 2. The van der Waals surface area contributed by atoms with Gasteiger partial charge in [-0.2, -0.15) is 5.10 Å². The van der Waals surface area contributed by atoms with E-state index >= 15 is 0 Å². The molecule has 6 heteroatoms. The number of aromatic nitrogens is 2. The molecule has 0 aromatic carbocycles. The lowest BCUT2D eigenvalue weighted by Crippen LogP contribution is -2.44. The Hall–Kier alpha value is -1.85. The minimum atomic E-state index is -0.814. The second-order valence-corrected chi connectivity index (χ2v) is 4.96. The fourth-order valence-corrected chi connectivity index (χ4v) is 2.57. The number of aliphatic carboxylic acids is 1. The Morgan fingerprint density at radius 3 is 2.79 bits per heavy atom. The van der Waals surface area contributed by atoms with E-state index in [2.05, 4.69) is 10.4 Å². The largest absolute Gasteiger partial charge is 0.481 e. The van der Waals surface area contributed by atoms with Crippen molar-refractivity contribution in [3.8, 4) is 0 Å². The number of hydrogen-bond acceptors (Lipinski definition) is 3. The Bertz CT molecular complexity index is 430. The summed E-state index contributed by atoms with van der Waals surface area (Å²) < 4.78 is 1.53. The van der Waals surface area contributed by atoms with Gasteiger partial charge in [-0.15, -0.1) is 0 Å². The van der Waals surface area contributed by atoms with Crippen molar-refractivity contribution in [2.24, 2.45) is 5.92 Å². The molecule has 1 saturated carbocycles. The van der Waals surface area contributed by atoms with E-state index in [0.717, 1.165) is 25.7 Å². The molecule has 6 nitrogen and oxygen atoms in total. The highest BCUT2D eigenvalue weighted by molar-refractivity contribution is 5.78. The predicted molar refractivity (Wildman–Crippen MR) is 68.4 cm³/mol. The summed E-state index contributed by atoms with van der Waals surface area (Å²) in [5, 5.41) is 16.0. The van der Waals surface area contributed by atoms with Crippen LogP contribution in [0.2, 0.25) is 0 Å². The molecule has 0 radical (unpaired) electrons. The van der Waals surface area contributed by atoms with E-state index in [-0.39, 0.29) is 18.5 Å². The zero-order chi connectivity index (χ0) is 13.7. The second-order valence-electron chi connectivity index (χ2n) is 4.96. The van der Waals surface area contributed by atoms with Crippen molar-refractivity contribution in [2.45, 2.75) is 44.7 Å². The fraction of sp³-hybridized carbons (Fsp3) is 0.615. The van der Waals surface area contributed by atoms with Crippen LogP contribution < -0.4 is 5.32 Å². The van der Waals surface area contributed by atoms with Crippen LogP contribution in [0.4, 0.5) is 0 Å². The molecule has 1 amide bonds. The standard InChI is InChI=1S/C13H19N3O3/c17-12(9-16-8-4-7-14-16)15-11-6-3-1-2-5-10(11)13(18)19/h4,7-8,10-11H,1-3,5-6,9H2,(H,15,17)(H,18,19). The van der Waals surface area contributed by atoms with Gasteiger partial charge in [-0.3, -0.25) is 14.3 Å². The van der Waals surface area contributed by atoms with Gasteiger partial charge in [0.05, 0.1) is 5.92 Å². The highest BCUT2D eigenvalue weighted by Gasteiger charge is 2.30. The van der Waals surface area contributed by atoms with Crippen LogP contribution in [-0.2, 0) is 16.1 Å². The van der Waals surface area contributed by atoms with Gasteiger partial charge in [-0.1, -0.05) is 19.3 Å². The highest BCUT2D eigenvalue weighted by atomic mass is 16.4. The molecular formula is C13H19N3O3. The van der Waals surface area contributed by atoms with Crippen LogP contribution in [-0.4, -0.2) is 32.8 Å². The van der Waals surface area contributed by atoms with E-state index in [1.54, 1.807) is 18.5 Å². The number of carbonyl (C=O) groups is 2. The van der Waals surface area contributed by atoms with Crippen LogP contribution in [0, 0.1) is 5.92 Å². The van der Waals surface area contributed by atoms with E-state index in [9.17, 15) is 14.7 Å². The lowest BCUT2D eigenvalue weighted by atomic mass is 9.95. The molecule has 2 N–H and O–H groups in total. The minimum Gasteiger partial charge on any atom is -0.481 e. The van der Waals surface area contributed by atoms with Crippen molar-refractivity contribution < 1.29 is 14.7 Å². The van der Waals surface area contributed by atoms with Gasteiger partial charge in [0, 0.05) is 18.4 Å². The molecular weight excluding hydrogens is 246 g/mol. The average Bonchev–Trinajstić information content (AvgIpc) is 2.73. The summed E-state index contributed by atoms with van der Waals surface area (Å²) in [6, 6.07) is 1.49. The van der Waals surface area contributed by atoms with Gasteiger partial charge in [0.1, 0.15) is 6.54 Å². The average molecular weight is 265 g/mol. The topological polar surface area (TPSA) is 84.2 Å². The van der Waals surface area contributed by atoms with Crippen LogP contribution in [0.1, 0.15) is 32.1 Å². The van der Waals surface area contributed by atoms with Gasteiger partial charge in [-0.25, -0.2) is 0 Å². The van der Waals surface area contributed by atoms with E-state index in [0.29, 0.717) is 6.42 Å². The number of amides is 1. The first kappa shape index (κ1) is 13.6. The van der Waals surface area contributed by atoms with Crippen molar-refractivity contribution in [2.75, 3.05) is 0 Å². The molecule has 1 heterocycles. The maximum Gasteiger partial charge on any atom is 0.308 e. The summed E-state index contributed by atoms with van der Waals surface area (Å²) in [6.07, 6.45) is 7.62. The van der Waals surface area contributed by atoms with Crippen LogP contribution in [0.3, 0.4) is 0 Å². The fourth-order valence-electron chi connectivity index (χ4n) is 2.57. The third kappa shape index (κ3) is 3.81. The van der Waals surface area contributed by atoms with Crippen molar-refractivity contribution in [3.63, 3.8) is 0 Å². The van der Waals surface area contributed by atoms with Crippen LogP contribution in [0.15, 0.2) is 18.5 Å². The van der Waals surface area contributed by atoms with E-state index in [4.69, 9.17) is 0 Å². The van der Waals surface area contributed by atoms with Crippen LogP contribution in [0.25, 0.3) is 0 Å². The summed E-state index contributed by atoms with van der Waals surface area (Å²) in [5.74, 6) is -1.46. The van der Waals surface area contributed by atoms with E-state index in [1.807, 2.05) is 0 Å². The number of carbonyl (C=O) groups excluding carboxylic acids is 1. The van der Waals surface area contributed by atoms with E-state index in [1.165, 1.54) is 4.68 Å². The smallest absolute Gasteiger partial charge is 0.308 e. The summed E-state index contributed by atoms with van der Waals surface area (Å²) in [7, 11) is 0. The molecule has 0 saturated heterocycles. The molecule has 104 valence electrons. The maximum absolute atomic E-state index is 11.9. The molecule has 0 spiro atoms. The van der Waals surface area contributed by atoms with Crippen molar-refractivity contribution in [3.05, 3.63) is 18.5 Å². The van der Waals surface area contributed by atoms with Gasteiger partial charge in [0.25, 0.3) is 0 Å². The zero-order valence-electron chi connectivity index (χ0n) is 10.8. The molecule has 19 heavy (non-hydrogen) atoms. The van der Waals surface area contributed by atoms with Gasteiger partial charge < -0.3 is 10.4 Å². The first-order valence-corrected chi connectivity index (χ1v) is 6.66.